The van der Waals surface area contributed by atoms with Crippen molar-refractivity contribution in [2.24, 2.45) is 17.3 Å². The molecule has 0 aliphatic carbocycles. The molecule has 1 N–H and O–H groups in total. The number of amides is 1. The Balaban J connectivity index is 1.63. The van der Waals surface area contributed by atoms with Crippen molar-refractivity contribution in [2.45, 2.75) is 19.3 Å². The van der Waals surface area contributed by atoms with E-state index < -0.39 is 15.4 Å². The van der Waals surface area contributed by atoms with Gasteiger partial charge in [-0.1, -0.05) is 0 Å². The minimum atomic E-state index is -3.25. The van der Waals surface area contributed by atoms with Crippen molar-refractivity contribution < 1.29 is 17.9 Å². The van der Waals surface area contributed by atoms with E-state index in [1.54, 1.807) is 0 Å². The molecule has 138 valence electrons. The largest absolute Gasteiger partial charge is 0.381 e. The van der Waals surface area contributed by atoms with Gasteiger partial charge in [0.05, 0.1) is 11.7 Å². The number of hydrogen-bond donors (Lipinski definition) is 1. The predicted molar refractivity (Wildman–Crippen MR) is 91.0 cm³/mol. The Morgan fingerprint density at radius 3 is 2.75 bits per heavy atom. The van der Waals surface area contributed by atoms with Crippen LogP contribution in [0.25, 0.3) is 0 Å². The van der Waals surface area contributed by atoms with Crippen LogP contribution in [0.3, 0.4) is 0 Å². The number of carbonyl (C=O) groups excluding carboxylic acids is 1. The van der Waals surface area contributed by atoms with Crippen molar-refractivity contribution >= 4 is 15.9 Å². The summed E-state index contributed by atoms with van der Waals surface area (Å²) in [6.07, 6.45) is 4.36. The highest BCUT2D eigenvalue weighted by Crippen LogP contribution is 2.41. The molecular formula is C16H29N3O4S. The second-order valence-electron chi connectivity index (χ2n) is 7.61. The first-order valence-corrected chi connectivity index (χ1v) is 10.7. The van der Waals surface area contributed by atoms with Gasteiger partial charge in [0.15, 0.2) is 0 Å². The Labute approximate surface area is 144 Å². The van der Waals surface area contributed by atoms with Crippen LogP contribution in [-0.4, -0.2) is 82.8 Å². The van der Waals surface area contributed by atoms with Gasteiger partial charge < -0.3 is 15.0 Å². The number of hydrogen-bond acceptors (Lipinski definition) is 5. The van der Waals surface area contributed by atoms with Crippen LogP contribution in [0.1, 0.15) is 19.3 Å². The van der Waals surface area contributed by atoms with E-state index in [2.05, 4.69) is 5.32 Å². The number of ether oxygens (including phenoxy) is 1. The lowest BCUT2D eigenvalue weighted by atomic mass is 9.79. The number of rotatable bonds is 5. The molecule has 0 aromatic rings. The molecule has 3 aliphatic heterocycles. The van der Waals surface area contributed by atoms with Gasteiger partial charge in [0.1, 0.15) is 0 Å². The fraction of sp³-hybridized carbons (Fsp3) is 0.938. The van der Waals surface area contributed by atoms with Crippen molar-refractivity contribution in [3.05, 3.63) is 0 Å². The van der Waals surface area contributed by atoms with Gasteiger partial charge in [-0.3, -0.25) is 4.79 Å². The summed E-state index contributed by atoms with van der Waals surface area (Å²) in [5, 5.41) is 3.29. The average Bonchev–Trinajstić information content (AvgIpc) is 3.10. The summed E-state index contributed by atoms with van der Waals surface area (Å²) in [7, 11) is -1.39. The summed E-state index contributed by atoms with van der Waals surface area (Å²) >= 11 is 0. The third kappa shape index (κ3) is 3.47. The predicted octanol–water partition coefficient (Wildman–Crippen LogP) is -0.257. The molecule has 0 aromatic carbocycles. The molecule has 3 fully saturated rings. The van der Waals surface area contributed by atoms with Crippen molar-refractivity contribution in [2.75, 3.05) is 59.2 Å². The molecule has 0 bridgehead atoms. The normalized spacial score (nSPS) is 32.0. The Kier molecular flexibility index (Phi) is 5.20. The average molecular weight is 359 g/mol. The van der Waals surface area contributed by atoms with Crippen LogP contribution in [-0.2, 0) is 19.6 Å². The quantitative estimate of drug-likeness (QED) is 0.732. The lowest BCUT2D eigenvalue weighted by Gasteiger charge is -2.33. The third-order valence-electron chi connectivity index (χ3n) is 5.95. The molecule has 3 aliphatic rings. The van der Waals surface area contributed by atoms with E-state index in [4.69, 9.17) is 4.74 Å². The van der Waals surface area contributed by atoms with E-state index in [0.717, 1.165) is 39.0 Å². The van der Waals surface area contributed by atoms with Gasteiger partial charge >= 0.3 is 0 Å². The molecule has 8 heteroatoms. The number of fused-ring (bicyclic) bond motifs is 1. The van der Waals surface area contributed by atoms with E-state index in [1.165, 1.54) is 10.6 Å². The van der Waals surface area contributed by atoms with Crippen LogP contribution < -0.4 is 5.32 Å². The van der Waals surface area contributed by atoms with E-state index in [9.17, 15) is 13.2 Å². The summed E-state index contributed by atoms with van der Waals surface area (Å²) in [6.45, 7) is 4.42. The Morgan fingerprint density at radius 2 is 2.08 bits per heavy atom. The van der Waals surface area contributed by atoms with Gasteiger partial charge in [-0.2, -0.15) is 0 Å². The zero-order valence-corrected chi connectivity index (χ0v) is 15.5. The first kappa shape index (κ1) is 18.1. The Morgan fingerprint density at radius 1 is 1.38 bits per heavy atom. The molecular weight excluding hydrogens is 330 g/mol. The summed E-state index contributed by atoms with van der Waals surface area (Å²) in [4.78, 5) is 15.0. The maximum absolute atomic E-state index is 13.1. The van der Waals surface area contributed by atoms with Gasteiger partial charge in [0.2, 0.25) is 15.9 Å². The molecule has 3 heterocycles. The summed E-state index contributed by atoms with van der Waals surface area (Å²) in [5.74, 6) is 0.793. The fourth-order valence-corrected chi connectivity index (χ4v) is 5.24. The highest BCUT2D eigenvalue weighted by molar-refractivity contribution is 7.88. The lowest BCUT2D eigenvalue weighted by molar-refractivity contribution is -0.140. The van der Waals surface area contributed by atoms with Crippen molar-refractivity contribution in [1.82, 2.24) is 14.5 Å². The fourth-order valence-electron chi connectivity index (χ4n) is 4.32. The van der Waals surface area contributed by atoms with Gasteiger partial charge in [0, 0.05) is 58.9 Å². The smallest absolute Gasteiger partial charge is 0.231 e. The van der Waals surface area contributed by atoms with E-state index in [-0.39, 0.29) is 11.8 Å². The molecule has 0 aromatic heterocycles. The van der Waals surface area contributed by atoms with E-state index >= 15 is 0 Å². The Hall–Kier alpha value is -0.700. The monoisotopic (exact) mass is 359 g/mol. The van der Waals surface area contributed by atoms with E-state index in [0.29, 0.717) is 32.1 Å². The molecule has 0 spiro atoms. The van der Waals surface area contributed by atoms with Gasteiger partial charge in [-0.15, -0.1) is 0 Å². The van der Waals surface area contributed by atoms with Crippen molar-refractivity contribution in [3.63, 3.8) is 0 Å². The first-order chi connectivity index (χ1) is 11.3. The second kappa shape index (κ2) is 6.90. The van der Waals surface area contributed by atoms with Crippen LogP contribution >= 0.6 is 0 Å². The zero-order chi connectivity index (χ0) is 17.4. The highest BCUT2D eigenvalue weighted by atomic mass is 32.2. The van der Waals surface area contributed by atoms with Crippen LogP contribution in [0, 0.1) is 17.3 Å². The molecule has 0 unspecified atom stereocenters. The number of nitrogens with one attached hydrogen (secondary N) is 1. The van der Waals surface area contributed by atoms with Crippen LogP contribution in [0.2, 0.25) is 0 Å². The number of carbonyl (C=O) groups is 1. The molecule has 0 radical (unpaired) electrons. The molecule has 2 atom stereocenters. The second-order valence-corrected chi connectivity index (χ2v) is 9.59. The maximum Gasteiger partial charge on any atom is 0.231 e. The van der Waals surface area contributed by atoms with Crippen molar-refractivity contribution in [1.29, 1.82) is 0 Å². The summed E-state index contributed by atoms with van der Waals surface area (Å²) < 4.78 is 30.7. The molecule has 7 nitrogen and oxygen atoms in total. The molecule has 3 saturated heterocycles. The molecule has 0 saturated carbocycles. The third-order valence-corrected chi connectivity index (χ3v) is 7.17. The zero-order valence-electron chi connectivity index (χ0n) is 14.7. The number of sulfonamides is 1. The van der Waals surface area contributed by atoms with E-state index in [1.807, 2.05) is 11.9 Å². The van der Waals surface area contributed by atoms with Gasteiger partial charge in [-0.25, -0.2) is 12.7 Å². The summed E-state index contributed by atoms with van der Waals surface area (Å²) in [6, 6.07) is 0. The maximum atomic E-state index is 13.1. The highest BCUT2D eigenvalue weighted by Gasteiger charge is 2.57. The lowest BCUT2D eigenvalue weighted by Crippen LogP contribution is -2.48. The summed E-state index contributed by atoms with van der Waals surface area (Å²) in [5.41, 5.74) is -0.590. The number of nitrogens with zero attached hydrogens (tertiary/aromatic N) is 2. The minimum Gasteiger partial charge on any atom is -0.381 e. The molecule has 3 rings (SSSR count). The topological polar surface area (TPSA) is 79.0 Å². The molecule has 1 amide bonds. The standard InChI is InChI=1S/C16H29N3O4S/c1-18(6-3-13-4-7-23-8-5-13)15(20)16-11-17-9-14(16)10-19(12-16)24(2,21)22/h13-14,17H,3-12H2,1-2H3/t14-,16-/m1/s1. The van der Waals surface area contributed by atoms with Crippen molar-refractivity contribution in [3.8, 4) is 0 Å². The van der Waals surface area contributed by atoms with Gasteiger partial charge in [-0.05, 0) is 25.2 Å². The van der Waals surface area contributed by atoms with Crippen LogP contribution in [0.4, 0.5) is 0 Å². The van der Waals surface area contributed by atoms with Crippen LogP contribution in [0.15, 0.2) is 0 Å². The van der Waals surface area contributed by atoms with Gasteiger partial charge in [0.25, 0.3) is 0 Å². The first-order valence-electron chi connectivity index (χ1n) is 8.82. The minimum absolute atomic E-state index is 0.0743. The Bertz CT molecular complexity index is 576. The van der Waals surface area contributed by atoms with Crippen LogP contribution in [0.5, 0.6) is 0 Å². The molecule has 24 heavy (non-hydrogen) atoms. The SMILES string of the molecule is CN(CCC1CCOCC1)C(=O)[C@@]12CNC[C@@H]1CN(S(C)(=O)=O)C2.